The maximum Gasteiger partial charge on any atom is 0.214 e. The molecule has 1 aliphatic rings. The molecule has 1 atom stereocenters. The molecule has 1 aliphatic heterocycles. The van der Waals surface area contributed by atoms with Crippen molar-refractivity contribution >= 4 is 10.0 Å². The maximum atomic E-state index is 11.9. The van der Waals surface area contributed by atoms with E-state index in [2.05, 4.69) is 4.90 Å². The molecule has 0 saturated carbocycles. The predicted molar refractivity (Wildman–Crippen MR) is 62.4 cm³/mol. The van der Waals surface area contributed by atoms with E-state index in [1.807, 2.05) is 21.0 Å². The molecule has 1 fully saturated rings. The monoisotopic (exact) mass is 234 g/mol. The van der Waals surface area contributed by atoms with Gasteiger partial charge in [-0.2, -0.15) is 4.31 Å². The van der Waals surface area contributed by atoms with Gasteiger partial charge >= 0.3 is 0 Å². The first-order chi connectivity index (χ1) is 6.97. The summed E-state index contributed by atoms with van der Waals surface area (Å²) in [5, 5.41) is 0. The Morgan fingerprint density at radius 1 is 1.40 bits per heavy atom. The number of rotatable bonds is 5. The molecular weight excluding hydrogens is 212 g/mol. The van der Waals surface area contributed by atoms with Crippen LogP contribution in [0.15, 0.2) is 0 Å². The lowest BCUT2D eigenvalue weighted by Crippen LogP contribution is -2.42. The van der Waals surface area contributed by atoms with Gasteiger partial charge < -0.3 is 4.90 Å². The van der Waals surface area contributed by atoms with Crippen molar-refractivity contribution < 1.29 is 8.42 Å². The Balaban J connectivity index is 2.67. The third kappa shape index (κ3) is 3.43. The number of sulfonamides is 1. The van der Waals surface area contributed by atoms with Gasteiger partial charge in [0, 0.05) is 19.1 Å². The van der Waals surface area contributed by atoms with Crippen LogP contribution in [-0.4, -0.2) is 56.6 Å². The van der Waals surface area contributed by atoms with Gasteiger partial charge in [0.25, 0.3) is 0 Å². The van der Waals surface area contributed by atoms with Crippen LogP contribution >= 0.6 is 0 Å². The fourth-order valence-corrected chi connectivity index (χ4v) is 3.94. The van der Waals surface area contributed by atoms with Crippen molar-refractivity contribution in [3.63, 3.8) is 0 Å². The van der Waals surface area contributed by atoms with E-state index in [9.17, 15) is 8.42 Å². The fraction of sp³-hybridized carbons (Fsp3) is 1.00. The lowest BCUT2D eigenvalue weighted by molar-refractivity contribution is 0.291. The van der Waals surface area contributed by atoms with Crippen molar-refractivity contribution in [1.29, 1.82) is 0 Å². The van der Waals surface area contributed by atoms with Gasteiger partial charge in [0.15, 0.2) is 0 Å². The second-order valence-corrected chi connectivity index (χ2v) is 6.53. The third-order valence-corrected chi connectivity index (χ3v) is 4.84. The maximum absolute atomic E-state index is 11.9. The lowest BCUT2D eigenvalue weighted by Gasteiger charge is -2.26. The largest absolute Gasteiger partial charge is 0.308 e. The minimum atomic E-state index is -3.00. The summed E-state index contributed by atoms with van der Waals surface area (Å²) < 4.78 is 25.6. The number of likely N-dealkylation sites (N-methyl/N-ethyl adjacent to an activating group) is 1. The van der Waals surface area contributed by atoms with E-state index >= 15 is 0 Å². The Labute approximate surface area is 93.3 Å². The molecule has 0 amide bonds. The molecule has 90 valence electrons. The molecule has 0 aromatic heterocycles. The highest BCUT2D eigenvalue weighted by Crippen LogP contribution is 2.22. The standard InChI is InChI=1S/C10H22N2O2S/c1-4-8-15(13,14)12-7-5-6-10(12)9-11(2)3/h10H,4-9H2,1-3H3. The summed E-state index contributed by atoms with van der Waals surface area (Å²) in [6.45, 7) is 3.46. The molecule has 1 unspecified atom stereocenters. The van der Waals surface area contributed by atoms with Crippen LogP contribution in [0.4, 0.5) is 0 Å². The molecule has 0 radical (unpaired) electrons. The van der Waals surface area contributed by atoms with Gasteiger partial charge in [-0.3, -0.25) is 0 Å². The summed E-state index contributed by atoms with van der Waals surface area (Å²) in [5.74, 6) is 0.289. The minimum Gasteiger partial charge on any atom is -0.308 e. The van der Waals surface area contributed by atoms with Crippen LogP contribution in [0.3, 0.4) is 0 Å². The molecule has 0 spiro atoms. The molecular formula is C10H22N2O2S. The zero-order valence-corrected chi connectivity index (χ0v) is 10.8. The Morgan fingerprint density at radius 3 is 2.60 bits per heavy atom. The summed E-state index contributed by atoms with van der Waals surface area (Å²) in [5.41, 5.74) is 0. The van der Waals surface area contributed by atoms with Crippen LogP contribution in [0.5, 0.6) is 0 Å². The fourth-order valence-electron chi connectivity index (χ4n) is 2.15. The van der Waals surface area contributed by atoms with Crippen molar-refractivity contribution in [2.45, 2.75) is 32.2 Å². The van der Waals surface area contributed by atoms with Gasteiger partial charge in [0.2, 0.25) is 10.0 Å². The summed E-state index contributed by atoms with van der Waals surface area (Å²) in [6, 6.07) is 0.191. The highest BCUT2D eigenvalue weighted by molar-refractivity contribution is 7.89. The van der Waals surface area contributed by atoms with Gasteiger partial charge in [0.05, 0.1) is 5.75 Å². The molecule has 0 N–H and O–H groups in total. The summed E-state index contributed by atoms with van der Waals surface area (Å²) >= 11 is 0. The minimum absolute atomic E-state index is 0.191. The van der Waals surface area contributed by atoms with E-state index in [1.54, 1.807) is 4.31 Å². The van der Waals surface area contributed by atoms with E-state index in [1.165, 1.54) is 0 Å². The third-order valence-electron chi connectivity index (χ3n) is 2.72. The first-order valence-electron chi connectivity index (χ1n) is 5.61. The Morgan fingerprint density at radius 2 is 2.07 bits per heavy atom. The summed E-state index contributed by atoms with van der Waals surface area (Å²) in [6.07, 6.45) is 2.70. The van der Waals surface area contributed by atoms with Crippen molar-refractivity contribution in [3.05, 3.63) is 0 Å². The molecule has 0 aromatic carbocycles. The van der Waals surface area contributed by atoms with Gasteiger partial charge in [0.1, 0.15) is 0 Å². The predicted octanol–water partition coefficient (Wildman–Crippen LogP) is 0.752. The number of hydrogen-bond donors (Lipinski definition) is 0. The molecule has 1 saturated heterocycles. The quantitative estimate of drug-likeness (QED) is 0.705. The first kappa shape index (κ1) is 12.9. The van der Waals surface area contributed by atoms with Gasteiger partial charge in [-0.15, -0.1) is 0 Å². The summed E-state index contributed by atoms with van der Waals surface area (Å²) in [4.78, 5) is 2.06. The highest BCUT2D eigenvalue weighted by Gasteiger charge is 2.33. The van der Waals surface area contributed by atoms with E-state index < -0.39 is 10.0 Å². The van der Waals surface area contributed by atoms with Gasteiger partial charge in [-0.05, 0) is 33.4 Å². The molecule has 0 aliphatic carbocycles. The topological polar surface area (TPSA) is 40.6 Å². The van der Waals surface area contributed by atoms with E-state index in [-0.39, 0.29) is 11.8 Å². The molecule has 4 nitrogen and oxygen atoms in total. The number of hydrogen-bond acceptors (Lipinski definition) is 3. The Kier molecular flexibility index (Phi) is 4.55. The van der Waals surface area contributed by atoms with Crippen LogP contribution in [0.2, 0.25) is 0 Å². The first-order valence-corrected chi connectivity index (χ1v) is 7.22. The van der Waals surface area contributed by atoms with E-state index in [4.69, 9.17) is 0 Å². The van der Waals surface area contributed by atoms with Crippen LogP contribution in [-0.2, 0) is 10.0 Å². The zero-order chi connectivity index (χ0) is 11.5. The van der Waals surface area contributed by atoms with Gasteiger partial charge in [-0.1, -0.05) is 6.92 Å². The van der Waals surface area contributed by atoms with E-state index in [0.29, 0.717) is 13.0 Å². The second kappa shape index (κ2) is 5.27. The molecule has 1 heterocycles. The summed E-state index contributed by atoms with van der Waals surface area (Å²) in [7, 11) is 0.980. The smallest absolute Gasteiger partial charge is 0.214 e. The molecule has 5 heteroatoms. The van der Waals surface area contributed by atoms with Crippen LogP contribution in [0.1, 0.15) is 26.2 Å². The normalized spacial score (nSPS) is 23.9. The zero-order valence-electron chi connectivity index (χ0n) is 9.94. The second-order valence-electron chi connectivity index (χ2n) is 4.49. The lowest BCUT2D eigenvalue weighted by atomic mass is 10.2. The van der Waals surface area contributed by atoms with Crippen LogP contribution in [0.25, 0.3) is 0 Å². The van der Waals surface area contributed by atoms with Gasteiger partial charge in [-0.25, -0.2) is 8.42 Å². The molecule has 15 heavy (non-hydrogen) atoms. The molecule has 1 rings (SSSR count). The average Bonchev–Trinajstić information content (AvgIpc) is 2.51. The van der Waals surface area contributed by atoms with Crippen LogP contribution in [0, 0.1) is 0 Å². The van der Waals surface area contributed by atoms with E-state index in [0.717, 1.165) is 19.4 Å². The van der Waals surface area contributed by atoms with Crippen molar-refractivity contribution in [2.75, 3.05) is 32.9 Å². The number of nitrogens with zero attached hydrogens (tertiary/aromatic N) is 2. The molecule has 0 aromatic rings. The Hall–Kier alpha value is -0.130. The van der Waals surface area contributed by atoms with Crippen LogP contribution < -0.4 is 0 Å². The SMILES string of the molecule is CCCS(=O)(=O)N1CCCC1CN(C)C. The van der Waals surface area contributed by atoms with Crippen molar-refractivity contribution in [3.8, 4) is 0 Å². The van der Waals surface area contributed by atoms with Crippen molar-refractivity contribution in [1.82, 2.24) is 9.21 Å². The average molecular weight is 234 g/mol. The van der Waals surface area contributed by atoms with Crippen molar-refractivity contribution in [2.24, 2.45) is 0 Å². The molecule has 0 bridgehead atoms. The highest BCUT2D eigenvalue weighted by atomic mass is 32.2. The Bertz CT molecular complexity index is 288.